The molecular weight excluding hydrogens is 432 g/mol. The number of hydrogen-bond donors (Lipinski definition) is 1. The molecule has 0 fully saturated rings. The molecule has 0 aromatic heterocycles. The number of carbonyl (C=O) groups is 2. The Morgan fingerprint density at radius 1 is 0.882 bits per heavy atom. The van der Waals surface area contributed by atoms with Gasteiger partial charge >= 0.3 is 0 Å². The Labute approximate surface area is 203 Å². The van der Waals surface area contributed by atoms with Gasteiger partial charge in [0.1, 0.15) is 11.5 Å². The number of allylic oxidation sites excluding steroid dienone is 1. The van der Waals surface area contributed by atoms with Gasteiger partial charge in [-0.1, -0.05) is 0 Å². The van der Waals surface area contributed by atoms with E-state index in [0.29, 0.717) is 33.6 Å². The molecule has 1 heterocycles. The summed E-state index contributed by atoms with van der Waals surface area (Å²) in [5.74, 6) is 0.322. The molecule has 0 saturated heterocycles. The smallest absolute Gasteiger partial charge is 0.207 e. The van der Waals surface area contributed by atoms with E-state index in [-0.39, 0.29) is 37.0 Å². The summed E-state index contributed by atoms with van der Waals surface area (Å²) in [7, 11) is 0. The molecule has 0 amide bonds. The Balaban J connectivity index is 2.29. The number of ether oxygens (including phenoxy) is 3. The second-order valence-corrected chi connectivity index (χ2v) is 12.0. The fraction of sp³-hybridized carbons (Fsp3) is 0.643. The Hall–Kier alpha value is -2.18. The van der Waals surface area contributed by atoms with Crippen LogP contribution >= 0.6 is 0 Å². The summed E-state index contributed by atoms with van der Waals surface area (Å²) in [5, 5.41) is 11.1. The highest BCUT2D eigenvalue weighted by atomic mass is 16.6. The van der Waals surface area contributed by atoms with Crippen molar-refractivity contribution in [3.05, 3.63) is 33.4 Å². The molecule has 6 nitrogen and oxygen atoms in total. The summed E-state index contributed by atoms with van der Waals surface area (Å²) in [6, 6.07) is 0. The van der Waals surface area contributed by atoms with E-state index in [1.165, 1.54) is 0 Å². The zero-order valence-corrected chi connectivity index (χ0v) is 22.6. The SMILES string of the molecule is CC1=C(C)C(=O)[C@@]2(COC(C)(C)C)Oc3c(C)c(C)c(O)c(COC(C)(C)C)c3C[C@@]2(C)C1=O. The van der Waals surface area contributed by atoms with E-state index in [2.05, 4.69) is 0 Å². The molecule has 34 heavy (non-hydrogen) atoms. The van der Waals surface area contributed by atoms with Crippen LogP contribution in [0.2, 0.25) is 0 Å². The second-order valence-electron chi connectivity index (χ2n) is 12.0. The third-order valence-corrected chi connectivity index (χ3v) is 7.35. The van der Waals surface area contributed by atoms with Crippen LogP contribution in [0.5, 0.6) is 11.5 Å². The fourth-order valence-corrected chi connectivity index (χ4v) is 4.82. The van der Waals surface area contributed by atoms with E-state index in [1.54, 1.807) is 20.8 Å². The monoisotopic (exact) mass is 472 g/mol. The maximum Gasteiger partial charge on any atom is 0.207 e. The van der Waals surface area contributed by atoms with Gasteiger partial charge in [0.25, 0.3) is 0 Å². The lowest BCUT2D eigenvalue weighted by Crippen LogP contribution is -2.69. The number of Topliss-reactive ketones (excluding diaryl/α,β-unsaturated/α-hetero) is 2. The first-order valence-corrected chi connectivity index (χ1v) is 11.9. The highest BCUT2D eigenvalue weighted by molar-refractivity contribution is 6.18. The van der Waals surface area contributed by atoms with Gasteiger partial charge in [0.05, 0.1) is 29.8 Å². The van der Waals surface area contributed by atoms with E-state index in [9.17, 15) is 14.7 Å². The van der Waals surface area contributed by atoms with Crippen molar-refractivity contribution in [1.82, 2.24) is 0 Å². The number of fused-ring (bicyclic) bond motifs is 2. The number of aromatic hydroxyl groups is 1. The Morgan fingerprint density at radius 3 is 1.94 bits per heavy atom. The Kier molecular flexibility index (Phi) is 6.37. The van der Waals surface area contributed by atoms with Crippen LogP contribution in [-0.4, -0.2) is 40.1 Å². The molecular formula is C28H40O6. The maximum absolute atomic E-state index is 13.9. The molecule has 0 radical (unpaired) electrons. The number of hydrogen-bond acceptors (Lipinski definition) is 6. The van der Waals surface area contributed by atoms with Gasteiger partial charge < -0.3 is 19.3 Å². The lowest BCUT2D eigenvalue weighted by molar-refractivity contribution is -0.176. The van der Waals surface area contributed by atoms with Crippen molar-refractivity contribution in [2.75, 3.05) is 6.61 Å². The number of phenolic OH excluding ortho intramolecular Hbond substituents is 1. The van der Waals surface area contributed by atoms with E-state index >= 15 is 0 Å². The normalized spacial score (nSPS) is 25.3. The van der Waals surface area contributed by atoms with Crippen molar-refractivity contribution in [3.63, 3.8) is 0 Å². The van der Waals surface area contributed by atoms with Crippen LogP contribution < -0.4 is 4.74 Å². The standard InChI is InChI=1S/C28H40O6/c1-15-16(2)22-19(20(21(15)29)13-32-25(5,6)7)12-27(11)23(30)17(3)18(4)24(31)28(27,34-22)14-33-26(8,9)10/h29H,12-14H2,1-11H3/t27-,28+/m0/s1. The zero-order valence-electron chi connectivity index (χ0n) is 22.6. The van der Waals surface area contributed by atoms with Crippen LogP contribution in [-0.2, 0) is 32.1 Å². The van der Waals surface area contributed by atoms with Gasteiger partial charge in [-0.3, -0.25) is 9.59 Å². The molecule has 188 valence electrons. The van der Waals surface area contributed by atoms with Gasteiger partial charge in [-0.15, -0.1) is 0 Å². The van der Waals surface area contributed by atoms with Crippen LogP contribution in [0, 0.1) is 19.3 Å². The van der Waals surface area contributed by atoms with Gasteiger partial charge in [0, 0.05) is 16.7 Å². The summed E-state index contributed by atoms with van der Waals surface area (Å²) >= 11 is 0. The molecule has 0 bridgehead atoms. The van der Waals surface area contributed by atoms with Crippen LogP contribution in [0.3, 0.4) is 0 Å². The molecule has 1 aromatic rings. The van der Waals surface area contributed by atoms with Gasteiger partial charge in [0.2, 0.25) is 11.4 Å². The Bertz CT molecular complexity index is 1080. The lowest BCUT2D eigenvalue weighted by Gasteiger charge is -2.53. The van der Waals surface area contributed by atoms with Gasteiger partial charge in [-0.25, -0.2) is 0 Å². The number of ketones is 2. The van der Waals surface area contributed by atoms with Crippen LogP contribution in [0.4, 0.5) is 0 Å². The first-order chi connectivity index (χ1) is 15.4. The first kappa shape index (κ1) is 26.4. The average Bonchev–Trinajstić information content (AvgIpc) is 2.72. The predicted octanol–water partition coefficient (Wildman–Crippen LogP) is 5.31. The molecule has 0 unspecified atom stereocenters. The quantitative estimate of drug-likeness (QED) is 0.640. The summed E-state index contributed by atoms with van der Waals surface area (Å²) in [4.78, 5) is 27.7. The molecule has 3 rings (SSSR count). The van der Waals surface area contributed by atoms with Crippen LogP contribution in [0.25, 0.3) is 0 Å². The zero-order chi connectivity index (χ0) is 26.0. The molecule has 1 aliphatic carbocycles. The van der Waals surface area contributed by atoms with Crippen molar-refractivity contribution in [2.24, 2.45) is 5.41 Å². The van der Waals surface area contributed by atoms with Crippen LogP contribution in [0.1, 0.15) is 84.6 Å². The van der Waals surface area contributed by atoms with Crippen molar-refractivity contribution < 1.29 is 28.9 Å². The average molecular weight is 473 g/mol. The third kappa shape index (κ3) is 4.09. The topological polar surface area (TPSA) is 82.1 Å². The molecule has 6 heteroatoms. The highest BCUT2D eigenvalue weighted by Gasteiger charge is 2.66. The summed E-state index contributed by atoms with van der Waals surface area (Å²) < 4.78 is 18.8. The minimum absolute atomic E-state index is 0.0468. The Morgan fingerprint density at radius 2 is 1.41 bits per heavy atom. The predicted molar refractivity (Wildman–Crippen MR) is 131 cm³/mol. The van der Waals surface area contributed by atoms with E-state index in [0.717, 1.165) is 5.56 Å². The summed E-state index contributed by atoms with van der Waals surface area (Å²) in [5.41, 5.74) is -0.0582. The fourth-order valence-electron chi connectivity index (χ4n) is 4.82. The van der Waals surface area contributed by atoms with Crippen molar-refractivity contribution in [2.45, 2.75) is 106 Å². The number of rotatable bonds is 4. The molecule has 0 saturated carbocycles. The summed E-state index contributed by atoms with van der Waals surface area (Å²) in [6.07, 6.45) is 0.239. The molecule has 2 atom stereocenters. The molecule has 1 aromatic carbocycles. The molecule has 1 N–H and O–H groups in total. The molecule has 0 spiro atoms. The van der Waals surface area contributed by atoms with Crippen molar-refractivity contribution >= 4 is 11.6 Å². The molecule has 2 aliphatic rings. The van der Waals surface area contributed by atoms with E-state index < -0.39 is 22.2 Å². The summed E-state index contributed by atoms with van der Waals surface area (Å²) in [6.45, 7) is 20.6. The number of benzene rings is 1. The van der Waals surface area contributed by atoms with E-state index in [4.69, 9.17) is 14.2 Å². The lowest BCUT2D eigenvalue weighted by atomic mass is 9.57. The van der Waals surface area contributed by atoms with E-state index in [1.807, 2.05) is 55.4 Å². The number of phenols is 1. The molecule has 1 aliphatic heterocycles. The van der Waals surface area contributed by atoms with Gasteiger partial charge in [-0.2, -0.15) is 0 Å². The minimum atomic E-state index is -1.50. The number of carbonyl (C=O) groups excluding carboxylic acids is 2. The third-order valence-electron chi connectivity index (χ3n) is 7.35. The minimum Gasteiger partial charge on any atom is -0.507 e. The first-order valence-electron chi connectivity index (χ1n) is 11.9. The van der Waals surface area contributed by atoms with Crippen LogP contribution in [0.15, 0.2) is 11.1 Å². The van der Waals surface area contributed by atoms with Gasteiger partial charge in [0.15, 0.2) is 5.78 Å². The largest absolute Gasteiger partial charge is 0.507 e. The second kappa shape index (κ2) is 8.20. The maximum atomic E-state index is 13.9. The van der Waals surface area contributed by atoms with Crippen molar-refractivity contribution in [3.8, 4) is 11.5 Å². The highest BCUT2D eigenvalue weighted by Crippen LogP contribution is 2.55. The van der Waals surface area contributed by atoms with Gasteiger partial charge in [-0.05, 0) is 99.3 Å². The van der Waals surface area contributed by atoms with Crippen molar-refractivity contribution in [1.29, 1.82) is 0 Å².